The number of carbonyl (C=O) groups excluding carboxylic acids is 1. The van der Waals surface area contributed by atoms with Crippen molar-refractivity contribution >= 4 is 21.7 Å². The average molecular weight is 305 g/mol. The third kappa shape index (κ3) is 3.63. The van der Waals surface area contributed by atoms with Gasteiger partial charge in [0.2, 0.25) is 5.78 Å². The summed E-state index contributed by atoms with van der Waals surface area (Å²) in [5.74, 6) is -4.85. The topological polar surface area (TPSA) is 26.3 Å². The van der Waals surface area contributed by atoms with E-state index in [1.165, 1.54) is 18.2 Å². The Morgan fingerprint density at radius 3 is 2.82 bits per heavy atom. The van der Waals surface area contributed by atoms with Crippen molar-refractivity contribution in [3.8, 4) is 0 Å². The second kappa shape index (κ2) is 5.91. The fourth-order valence-corrected chi connectivity index (χ4v) is 1.54. The van der Waals surface area contributed by atoms with Gasteiger partial charge in [-0.25, -0.2) is 0 Å². The largest absolute Gasteiger partial charge is 0.501 e. The minimum absolute atomic E-state index is 0.326. The van der Waals surface area contributed by atoms with Gasteiger partial charge in [-0.05, 0) is 19.1 Å². The van der Waals surface area contributed by atoms with E-state index < -0.39 is 11.7 Å². The van der Waals surface area contributed by atoms with E-state index in [4.69, 9.17) is 4.74 Å². The second-order valence-electron chi connectivity index (χ2n) is 3.21. The molecule has 0 aliphatic rings. The van der Waals surface area contributed by atoms with Crippen LogP contribution < -0.4 is 0 Å². The molecule has 0 unspecified atom stereocenters. The molecule has 2 nitrogen and oxygen atoms in total. The lowest BCUT2D eigenvalue weighted by Crippen LogP contribution is -2.24. The molecule has 0 atom stereocenters. The van der Waals surface area contributed by atoms with Crippen LogP contribution in [0.15, 0.2) is 41.1 Å². The molecule has 5 heteroatoms. The van der Waals surface area contributed by atoms with Gasteiger partial charge in [-0.3, -0.25) is 4.79 Å². The van der Waals surface area contributed by atoms with E-state index in [2.05, 4.69) is 15.9 Å². The molecule has 0 fully saturated rings. The monoisotopic (exact) mass is 304 g/mol. The van der Waals surface area contributed by atoms with Gasteiger partial charge in [-0.2, -0.15) is 8.78 Å². The summed E-state index contributed by atoms with van der Waals surface area (Å²) >= 11 is 3.08. The smallest absolute Gasteiger partial charge is 0.334 e. The number of allylic oxidation sites excluding steroid dienone is 1. The number of hydrogen-bond acceptors (Lipinski definition) is 2. The molecule has 0 aliphatic heterocycles. The lowest BCUT2D eigenvalue weighted by Gasteiger charge is -2.13. The Hall–Kier alpha value is -1.23. The van der Waals surface area contributed by atoms with Crippen molar-refractivity contribution in [2.75, 3.05) is 6.61 Å². The van der Waals surface area contributed by atoms with Crippen molar-refractivity contribution in [2.45, 2.75) is 12.8 Å². The molecule has 0 N–H and O–H groups in total. The highest BCUT2D eigenvalue weighted by Crippen LogP contribution is 2.31. The van der Waals surface area contributed by atoms with Crippen LogP contribution in [0, 0.1) is 0 Å². The van der Waals surface area contributed by atoms with Crippen molar-refractivity contribution in [3.05, 3.63) is 46.6 Å². The number of halogens is 3. The Morgan fingerprint density at radius 1 is 1.53 bits per heavy atom. The fourth-order valence-electron chi connectivity index (χ4n) is 1.14. The van der Waals surface area contributed by atoms with E-state index >= 15 is 0 Å². The van der Waals surface area contributed by atoms with Crippen LogP contribution in [0.1, 0.15) is 12.5 Å². The van der Waals surface area contributed by atoms with E-state index in [0.717, 1.165) is 12.3 Å². The van der Waals surface area contributed by atoms with E-state index in [9.17, 15) is 13.6 Å². The second-order valence-corrected chi connectivity index (χ2v) is 4.12. The minimum atomic E-state index is -3.54. The molecule has 0 saturated heterocycles. The molecule has 92 valence electrons. The molecule has 0 spiro atoms. The average Bonchev–Trinajstić information content (AvgIpc) is 2.29. The van der Waals surface area contributed by atoms with Crippen LogP contribution in [0.4, 0.5) is 8.78 Å². The summed E-state index contributed by atoms with van der Waals surface area (Å²) in [6, 6.07) is 5.48. The molecule has 1 aromatic rings. The first-order chi connectivity index (χ1) is 7.98. The Kier molecular flexibility index (Phi) is 4.81. The van der Waals surface area contributed by atoms with Crippen molar-refractivity contribution in [2.24, 2.45) is 0 Å². The molecule has 0 aromatic heterocycles. The van der Waals surface area contributed by atoms with Crippen LogP contribution in [0.25, 0.3) is 0 Å². The first-order valence-corrected chi connectivity index (χ1v) is 5.74. The van der Waals surface area contributed by atoms with Crippen molar-refractivity contribution in [3.63, 3.8) is 0 Å². The van der Waals surface area contributed by atoms with Crippen LogP contribution >= 0.6 is 15.9 Å². The number of alkyl halides is 2. The number of hydrogen-bond donors (Lipinski definition) is 0. The zero-order chi connectivity index (χ0) is 12.9. The van der Waals surface area contributed by atoms with Gasteiger partial charge in [0.25, 0.3) is 0 Å². The van der Waals surface area contributed by atoms with Gasteiger partial charge < -0.3 is 4.74 Å². The van der Waals surface area contributed by atoms with E-state index in [0.29, 0.717) is 11.1 Å². The molecular weight excluding hydrogens is 294 g/mol. The Balaban J connectivity index is 2.90. The molecule has 17 heavy (non-hydrogen) atoms. The van der Waals surface area contributed by atoms with Gasteiger partial charge in [0.1, 0.15) is 0 Å². The zero-order valence-corrected chi connectivity index (χ0v) is 10.7. The summed E-state index contributed by atoms with van der Waals surface area (Å²) in [6.07, 6.45) is 1.72. The summed E-state index contributed by atoms with van der Waals surface area (Å²) in [6.45, 7) is 2.02. The fraction of sp³-hybridized carbons (Fsp3) is 0.250. The summed E-state index contributed by atoms with van der Waals surface area (Å²) in [4.78, 5) is 11.3. The molecule has 0 heterocycles. The number of ether oxygens (including phenoxy) is 1. The van der Waals surface area contributed by atoms with Crippen LogP contribution in [0.5, 0.6) is 0 Å². The molecule has 1 aromatic carbocycles. The third-order valence-electron chi connectivity index (χ3n) is 1.98. The highest BCUT2D eigenvalue weighted by Gasteiger charge is 2.39. The van der Waals surface area contributed by atoms with Crippen molar-refractivity contribution in [1.82, 2.24) is 0 Å². The maximum atomic E-state index is 13.7. The van der Waals surface area contributed by atoms with Gasteiger partial charge in [0.15, 0.2) is 0 Å². The first kappa shape index (κ1) is 13.8. The van der Waals surface area contributed by atoms with Gasteiger partial charge in [-0.15, -0.1) is 0 Å². The van der Waals surface area contributed by atoms with E-state index in [-0.39, 0.29) is 5.56 Å². The van der Waals surface area contributed by atoms with Gasteiger partial charge >= 0.3 is 5.92 Å². The maximum absolute atomic E-state index is 13.7. The Bertz CT molecular complexity index is 430. The number of benzene rings is 1. The number of rotatable bonds is 5. The lowest BCUT2D eigenvalue weighted by atomic mass is 10.0. The molecule has 0 bridgehead atoms. The first-order valence-electron chi connectivity index (χ1n) is 4.95. The summed E-state index contributed by atoms with van der Waals surface area (Å²) < 4.78 is 32.6. The van der Waals surface area contributed by atoms with Gasteiger partial charge in [0, 0.05) is 16.1 Å². The molecule has 0 saturated carbocycles. The predicted octanol–water partition coefficient (Wildman–Crippen LogP) is 3.66. The number of carbonyl (C=O) groups is 1. The van der Waals surface area contributed by atoms with Crippen molar-refractivity contribution in [1.29, 1.82) is 0 Å². The van der Waals surface area contributed by atoms with E-state index in [1.54, 1.807) is 13.0 Å². The Morgan fingerprint density at radius 2 is 2.24 bits per heavy atom. The summed E-state index contributed by atoms with van der Waals surface area (Å²) in [5.41, 5.74) is -0.349. The summed E-state index contributed by atoms with van der Waals surface area (Å²) in [7, 11) is 0. The van der Waals surface area contributed by atoms with E-state index in [1.807, 2.05) is 0 Å². The van der Waals surface area contributed by atoms with Crippen molar-refractivity contribution < 1.29 is 18.3 Å². The molecule has 0 radical (unpaired) electrons. The quantitative estimate of drug-likeness (QED) is 0.613. The van der Waals surface area contributed by atoms with Crippen LogP contribution in [0.2, 0.25) is 0 Å². The molecule has 0 amide bonds. The third-order valence-corrected chi connectivity index (χ3v) is 2.47. The summed E-state index contributed by atoms with van der Waals surface area (Å²) in [5, 5.41) is 0. The standard InChI is InChI=1S/C12H11BrF2O2/c1-2-17-7-6-11(16)12(14,15)9-4-3-5-10(13)8-9/h3-8H,2H2,1H3/b7-6+. The van der Waals surface area contributed by atoms with Gasteiger partial charge in [-0.1, -0.05) is 28.1 Å². The normalized spacial score (nSPS) is 11.8. The molecule has 1 rings (SSSR count). The molecule has 0 aliphatic carbocycles. The Labute approximate surface area is 106 Å². The highest BCUT2D eigenvalue weighted by molar-refractivity contribution is 9.10. The minimum Gasteiger partial charge on any atom is -0.501 e. The maximum Gasteiger partial charge on any atom is 0.334 e. The van der Waals surface area contributed by atoms with Crippen LogP contribution in [-0.4, -0.2) is 12.4 Å². The predicted molar refractivity (Wildman–Crippen MR) is 63.8 cm³/mol. The highest BCUT2D eigenvalue weighted by atomic mass is 79.9. The van der Waals surface area contributed by atoms with Gasteiger partial charge in [0.05, 0.1) is 12.9 Å². The zero-order valence-electron chi connectivity index (χ0n) is 9.12. The lowest BCUT2D eigenvalue weighted by molar-refractivity contribution is -0.139. The van der Waals surface area contributed by atoms with Crippen LogP contribution in [0.3, 0.4) is 0 Å². The van der Waals surface area contributed by atoms with Crippen LogP contribution in [-0.2, 0) is 15.5 Å². The SMILES string of the molecule is CCO/C=C/C(=O)C(F)(F)c1cccc(Br)c1. The molecular formula is C12H11BrF2O2. The number of ketones is 1.